The summed E-state index contributed by atoms with van der Waals surface area (Å²) in [5.74, 6) is 0. The van der Waals surface area contributed by atoms with E-state index in [2.05, 4.69) is 39.8 Å². The highest BCUT2D eigenvalue weighted by molar-refractivity contribution is 5.54. The minimum atomic E-state index is 0. The predicted molar refractivity (Wildman–Crippen MR) is 71.6 cm³/mol. The summed E-state index contributed by atoms with van der Waals surface area (Å²) in [5, 5.41) is 2.95. The second-order valence-electron chi connectivity index (χ2n) is 3.97. The molecule has 84 valence electrons. The second-order valence-corrected chi connectivity index (χ2v) is 3.97. The van der Waals surface area contributed by atoms with Crippen LogP contribution in [0.25, 0.3) is 12.2 Å². The summed E-state index contributed by atoms with van der Waals surface area (Å²) in [6, 6.07) is 0. The highest BCUT2D eigenvalue weighted by Crippen LogP contribution is 2.11. The molecule has 0 heterocycles. The summed E-state index contributed by atoms with van der Waals surface area (Å²) in [5.41, 5.74) is 5.85. The Hall–Kier alpha value is -1.04. The van der Waals surface area contributed by atoms with Crippen molar-refractivity contribution in [3.63, 3.8) is 0 Å². The number of benzene rings is 1. The van der Waals surface area contributed by atoms with Crippen molar-refractivity contribution in [2.24, 2.45) is 0 Å². The van der Waals surface area contributed by atoms with E-state index >= 15 is 0 Å². The first-order chi connectivity index (χ1) is 6.13. The van der Waals surface area contributed by atoms with E-state index in [1.807, 2.05) is 0 Å². The van der Waals surface area contributed by atoms with Crippen LogP contribution in [0.1, 0.15) is 43.5 Å². The molecule has 0 aromatic heterocycles. The molecular formula is C15H24. The van der Waals surface area contributed by atoms with Gasteiger partial charge in [-0.15, -0.1) is 0 Å². The van der Waals surface area contributed by atoms with E-state index < -0.39 is 0 Å². The van der Waals surface area contributed by atoms with Crippen LogP contribution in [0, 0.1) is 27.7 Å². The second kappa shape index (κ2) is 4.65. The van der Waals surface area contributed by atoms with Gasteiger partial charge in [0.15, 0.2) is 0 Å². The zero-order valence-electron chi connectivity index (χ0n) is 8.86. The van der Waals surface area contributed by atoms with Crippen molar-refractivity contribution in [3.8, 4) is 0 Å². The summed E-state index contributed by atoms with van der Waals surface area (Å²) >= 11 is 0. The van der Waals surface area contributed by atoms with E-state index in [1.165, 1.54) is 32.7 Å². The minimum absolute atomic E-state index is 0. The van der Waals surface area contributed by atoms with Gasteiger partial charge in [-0.3, -0.25) is 0 Å². The maximum atomic E-state index is 2.34. The van der Waals surface area contributed by atoms with Crippen LogP contribution in [0.2, 0.25) is 0 Å². The fourth-order valence-corrected chi connectivity index (χ4v) is 2.19. The van der Waals surface area contributed by atoms with E-state index in [0.717, 1.165) is 6.42 Å². The molecule has 0 atom stereocenters. The molecule has 1 aliphatic carbocycles. The predicted octanol–water partition coefficient (Wildman–Crippen LogP) is 3.16. The van der Waals surface area contributed by atoms with E-state index in [-0.39, 0.29) is 14.9 Å². The molecule has 0 bridgehead atoms. The Bertz CT molecular complexity index is 431. The summed E-state index contributed by atoms with van der Waals surface area (Å²) < 4.78 is 0. The van der Waals surface area contributed by atoms with Gasteiger partial charge in [0.2, 0.25) is 0 Å². The monoisotopic (exact) mass is 204 g/mol. The lowest BCUT2D eigenvalue weighted by Crippen LogP contribution is -2.29. The van der Waals surface area contributed by atoms with Crippen LogP contribution in [0.15, 0.2) is 0 Å². The van der Waals surface area contributed by atoms with Gasteiger partial charge in [-0.2, -0.15) is 0 Å². The van der Waals surface area contributed by atoms with Crippen LogP contribution < -0.4 is 10.4 Å². The van der Waals surface area contributed by atoms with Crippen LogP contribution in [0.4, 0.5) is 0 Å². The van der Waals surface area contributed by atoms with Crippen molar-refractivity contribution < 1.29 is 0 Å². The smallest absolute Gasteiger partial charge is 0.0151 e. The Labute approximate surface area is 94.3 Å². The highest BCUT2D eigenvalue weighted by Gasteiger charge is 2.07. The zero-order chi connectivity index (χ0) is 9.59. The summed E-state index contributed by atoms with van der Waals surface area (Å²) in [4.78, 5) is 0. The molecule has 0 fully saturated rings. The summed E-state index contributed by atoms with van der Waals surface area (Å²) in [6.45, 7) is 8.92. The molecule has 0 amide bonds. The Morgan fingerprint density at radius 3 is 1.33 bits per heavy atom. The Morgan fingerprint density at radius 2 is 1.00 bits per heavy atom. The fourth-order valence-electron chi connectivity index (χ4n) is 2.19. The van der Waals surface area contributed by atoms with Crippen LogP contribution in [-0.2, 0) is 0 Å². The molecule has 2 rings (SSSR count). The number of fused-ring (bicyclic) bond motifs is 1. The molecule has 15 heavy (non-hydrogen) atoms. The van der Waals surface area contributed by atoms with Crippen LogP contribution in [-0.4, -0.2) is 0 Å². The standard InChI is InChI=1S/C13H16.2CH4/c1-8-9(2)11(4)13-7-5-6-12(13)10(8)3;;/h6-7H,5H2,1-4H3;2*1H4. The van der Waals surface area contributed by atoms with Crippen LogP contribution in [0.3, 0.4) is 0 Å². The molecule has 0 aliphatic heterocycles. The average Bonchev–Trinajstić information content (AvgIpc) is 2.59. The molecule has 0 nitrogen and oxygen atoms in total. The van der Waals surface area contributed by atoms with Crippen molar-refractivity contribution in [2.75, 3.05) is 0 Å². The SMILES string of the molecule is C.C.Cc1c(C)c(C)c2c(c1C)=CCC=2. The molecule has 1 aromatic carbocycles. The quantitative estimate of drug-likeness (QED) is 0.609. The maximum absolute atomic E-state index is 2.34. The molecule has 1 aliphatic rings. The van der Waals surface area contributed by atoms with Crippen molar-refractivity contribution in [1.82, 2.24) is 0 Å². The summed E-state index contributed by atoms with van der Waals surface area (Å²) in [7, 11) is 0. The third-order valence-electron chi connectivity index (χ3n) is 3.43. The van der Waals surface area contributed by atoms with Gasteiger partial charge in [-0.25, -0.2) is 0 Å². The first kappa shape index (κ1) is 14.0. The molecule has 0 N–H and O–H groups in total. The van der Waals surface area contributed by atoms with Gasteiger partial charge in [0.1, 0.15) is 0 Å². The molecule has 0 heteroatoms. The average molecular weight is 204 g/mol. The van der Waals surface area contributed by atoms with Gasteiger partial charge in [-0.05, 0) is 66.8 Å². The normalized spacial score (nSPS) is 11.7. The van der Waals surface area contributed by atoms with Gasteiger partial charge in [0, 0.05) is 0 Å². The van der Waals surface area contributed by atoms with E-state index in [9.17, 15) is 0 Å². The molecule has 0 saturated carbocycles. The number of hydrogen-bond donors (Lipinski definition) is 0. The molecular weight excluding hydrogens is 180 g/mol. The van der Waals surface area contributed by atoms with Gasteiger partial charge in [0.05, 0.1) is 0 Å². The van der Waals surface area contributed by atoms with Gasteiger partial charge in [-0.1, -0.05) is 27.0 Å². The highest BCUT2D eigenvalue weighted by atomic mass is 14.1. The molecule has 0 spiro atoms. The maximum Gasteiger partial charge on any atom is -0.0151 e. The molecule has 0 saturated heterocycles. The van der Waals surface area contributed by atoms with Gasteiger partial charge in [0.25, 0.3) is 0 Å². The van der Waals surface area contributed by atoms with Crippen LogP contribution in [0.5, 0.6) is 0 Å². The lowest BCUT2D eigenvalue weighted by molar-refractivity contribution is 1.17. The van der Waals surface area contributed by atoms with E-state index in [4.69, 9.17) is 0 Å². The number of hydrogen-bond acceptors (Lipinski definition) is 0. The van der Waals surface area contributed by atoms with Crippen molar-refractivity contribution >= 4 is 12.2 Å². The Morgan fingerprint density at radius 1 is 0.667 bits per heavy atom. The summed E-state index contributed by atoms with van der Waals surface area (Å²) in [6.07, 6.45) is 5.79. The first-order valence-corrected chi connectivity index (χ1v) is 4.89. The molecule has 0 unspecified atom stereocenters. The van der Waals surface area contributed by atoms with Gasteiger partial charge >= 0.3 is 0 Å². The lowest BCUT2D eigenvalue weighted by Gasteiger charge is -2.09. The van der Waals surface area contributed by atoms with Gasteiger partial charge < -0.3 is 0 Å². The Balaban J connectivity index is 0.000000980. The first-order valence-electron chi connectivity index (χ1n) is 4.89. The Kier molecular flexibility index (Phi) is 4.33. The van der Waals surface area contributed by atoms with E-state index in [0.29, 0.717) is 0 Å². The fraction of sp³-hybridized carbons (Fsp3) is 0.467. The van der Waals surface area contributed by atoms with E-state index in [1.54, 1.807) is 0 Å². The van der Waals surface area contributed by atoms with Crippen molar-refractivity contribution in [1.29, 1.82) is 0 Å². The van der Waals surface area contributed by atoms with Crippen LogP contribution >= 0.6 is 0 Å². The zero-order valence-corrected chi connectivity index (χ0v) is 8.86. The molecule has 1 aromatic rings. The van der Waals surface area contributed by atoms with Crippen molar-refractivity contribution in [3.05, 3.63) is 32.7 Å². The topological polar surface area (TPSA) is 0 Å². The molecule has 0 radical (unpaired) electrons. The number of rotatable bonds is 0. The van der Waals surface area contributed by atoms with Crippen molar-refractivity contribution in [2.45, 2.75) is 49.0 Å². The third kappa shape index (κ3) is 1.86. The lowest BCUT2D eigenvalue weighted by atomic mass is 9.96. The third-order valence-corrected chi connectivity index (χ3v) is 3.43. The largest absolute Gasteiger partial charge is 0.0776 e. The minimum Gasteiger partial charge on any atom is -0.0776 e.